The van der Waals surface area contributed by atoms with Gasteiger partial charge in [0, 0.05) is 33.7 Å². The van der Waals surface area contributed by atoms with Crippen molar-refractivity contribution in [2.24, 2.45) is 0 Å². The number of esters is 1. The molecule has 2 amide bonds. The van der Waals surface area contributed by atoms with Gasteiger partial charge in [-0.2, -0.15) is 0 Å². The second-order valence-corrected chi connectivity index (χ2v) is 10.3. The standard InChI is InChI=1S/C28H24N4O6S2/c1-2-38-24(33)16-21-17-39-28(30-21)31-27(35)25(18-8-4-3-5-9-18)40-23-13-7-11-20(15-23)29-26(34)19-10-6-12-22(14-19)32(36)37/h3-15,17,25H,2,16H2,1H3,(H,29,34)(H,30,31,35). The number of carbonyl (C=O) groups excluding carboxylic acids is 3. The fourth-order valence-electron chi connectivity index (χ4n) is 3.62. The van der Waals surface area contributed by atoms with Crippen molar-refractivity contribution in [3.63, 3.8) is 0 Å². The molecule has 12 heteroatoms. The first-order chi connectivity index (χ1) is 19.3. The second-order valence-electron chi connectivity index (χ2n) is 8.31. The zero-order valence-electron chi connectivity index (χ0n) is 21.2. The highest BCUT2D eigenvalue weighted by Gasteiger charge is 2.24. The van der Waals surface area contributed by atoms with Gasteiger partial charge in [0.2, 0.25) is 5.91 Å². The Morgan fingerprint density at radius 3 is 2.55 bits per heavy atom. The molecule has 40 heavy (non-hydrogen) atoms. The molecule has 0 fully saturated rings. The number of nitro groups is 1. The van der Waals surface area contributed by atoms with Crippen molar-refractivity contribution in [2.45, 2.75) is 23.5 Å². The normalized spacial score (nSPS) is 11.3. The van der Waals surface area contributed by atoms with Crippen LogP contribution >= 0.6 is 23.1 Å². The monoisotopic (exact) mass is 576 g/mol. The Bertz CT molecular complexity index is 1530. The molecule has 1 atom stereocenters. The number of non-ortho nitro benzene ring substituents is 1. The van der Waals surface area contributed by atoms with Gasteiger partial charge in [-0.25, -0.2) is 4.98 Å². The van der Waals surface area contributed by atoms with Crippen LogP contribution in [0.4, 0.5) is 16.5 Å². The topological polar surface area (TPSA) is 141 Å². The van der Waals surface area contributed by atoms with Crippen LogP contribution in [-0.4, -0.2) is 34.3 Å². The zero-order chi connectivity index (χ0) is 28.5. The minimum Gasteiger partial charge on any atom is -0.466 e. The average molecular weight is 577 g/mol. The van der Waals surface area contributed by atoms with E-state index in [4.69, 9.17) is 4.74 Å². The van der Waals surface area contributed by atoms with Crippen molar-refractivity contribution < 1.29 is 24.0 Å². The Kier molecular flexibility index (Phi) is 9.60. The number of benzene rings is 3. The molecule has 10 nitrogen and oxygen atoms in total. The van der Waals surface area contributed by atoms with Crippen LogP contribution in [0.15, 0.2) is 89.1 Å². The van der Waals surface area contributed by atoms with Gasteiger partial charge in [0.25, 0.3) is 11.6 Å². The van der Waals surface area contributed by atoms with E-state index in [0.717, 1.165) is 5.56 Å². The first-order valence-electron chi connectivity index (χ1n) is 12.1. The lowest BCUT2D eigenvalue weighted by molar-refractivity contribution is -0.384. The number of thioether (sulfide) groups is 1. The smallest absolute Gasteiger partial charge is 0.311 e. The quantitative estimate of drug-likeness (QED) is 0.0976. The molecule has 1 unspecified atom stereocenters. The first kappa shape index (κ1) is 28.5. The van der Waals surface area contributed by atoms with E-state index < -0.39 is 16.1 Å². The van der Waals surface area contributed by atoms with Crippen LogP contribution in [0, 0.1) is 10.1 Å². The molecule has 4 rings (SSSR count). The number of anilines is 2. The summed E-state index contributed by atoms with van der Waals surface area (Å²) < 4.78 is 4.95. The Hall–Kier alpha value is -4.55. The number of aromatic nitrogens is 1. The number of thiazole rings is 1. The zero-order valence-corrected chi connectivity index (χ0v) is 22.9. The molecule has 0 saturated carbocycles. The molecule has 204 valence electrons. The van der Waals surface area contributed by atoms with Gasteiger partial charge in [0.1, 0.15) is 5.25 Å². The van der Waals surface area contributed by atoms with Crippen molar-refractivity contribution in [1.82, 2.24) is 4.98 Å². The van der Waals surface area contributed by atoms with Crippen molar-refractivity contribution in [2.75, 3.05) is 17.2 Å². The van der Waals surface area contributed by atoms with E-state index in [2.05, 4.69) is 15.6 Å². The lowest BCUT2D eigenvalue weighted by Crippen LogP contribution is -2.19. The van der Waals surface area contributed by atoms with Gasteiger partial charge >= 0.3 is 5.97 Å². The summed E-state index contributed by atoms with van der Waals surface area (Å²) in [6.45, 7) is 2.01. The van der Waals surface area contributed by atoms with E-state index in [1.54, 1.807) is 30.5 Å². The SMILES string of the molecule is CCOC(=O)Cc1csc(NC(=O)C(Sc2cccc(NC(=O)c3cccc([N+](=O)[O-])c3)c2)c2ccccc2)n1. The lowest BCUT2D eigenvalue weighted by atomic mass is 10.1. The summed E-state index contributed by atoms with van der Waals surface area (Å²) in [5.74, 6) is -1.19. The molecule has 0 bridgehead atoms. The summed E-state index contributed by atoms with van der Waals surface area (Å²) in [6, 6.07) is 21.7. The highest BCUT2D eigenvalue weighted by Crippen LogP contribution is 2.37. The van der Waals surface area contributed by atoms with E-state index in [1.807, 2.05) is 36.4 Å². The van der Waals surface area contributed by atoms with Gasteiger partial charge < -0.3 is 15.4 Å². The molecule has 2 N–H and O–H groups in total. The highest BCUT2D eigenvalue weighted by atomic mass is 32.2. The lowest BCUT2D eigenvalue weighted by Gasteiger charge is -2.17. The fraction of sp³-hybridized carbons (Fsp3) is 0.143. The van der Waals surface area contributed by atoms with Crippen molar-refractivity contribution in [3.8, 4) is 0 Å². The van der Waals surface area contributed by atoms with Crippen LogP contribution < -0.4 is 10.6 Å². The Balaban J connectivity index is 1.49. The predicted molar refractivity (Wildman–Crippen MR) is 154 cm³/mol. The van der Waals surface area contributed by atoms with Crippen LogP contribution in [-0.2, 0) is 20.7 Å². The molecule has 0 aliphatic heterocycles. The predicted octanol–water partition coefficient (Wildman–Crippen LogP) is 5.88. The van der Waals surface area contributed by atoms with E-state index in [0.29, 0.717) is 21.4 Å². The maximum Gasteiger partial charge on any atom is 0.311 e. The summed E-state index contributed by atoms with van der Waals surface area (Å²) in [7, 11) is 0. The third kappa shape index (κ3) is 7.74. The van der Waals surface area contributed by atoms with Crippen LogP contribution in [0.3, 0.4) is 0 Å². The Labute approximate surface area is 237 Å². The molecule has 0 radical (unpaired) electrons. The number of hydrogen-bond acceptors (Lipinski definition) is 9. The maximum atomic E-state index is 13.4. The molecule has 3 aromatic carbocycles. The molecule has 1 aromatic heterocycles. The summed E-state index contributed by atoms with van der Waals surface area (Å²) >= 11 is 2.50. The van der Waals surface area contributed by atoms with E-state index >= 15 is 0 Å². The summed E-state index contributed by atoms with van der Waals surface area (Å²) in [6.07, 6.45) is 0.0198. The van der Waals surface area contributed by atoms with E-state index in [1.165, 1.54) is 47.4 Å². The number of amides is 2. The van der Waals surface area contributed by atoms with Crippen molar-refractivity contribution in [3.05, 3.63) is 111 Å². The number of rotatable bonds is 11. The number of carbonyl (C=O) groups is 3. The Morgan fingerprint density at radius 1 is 1.02 bits per heavy atom. The van der Waals surface area contributed by atoms with Gasteiger partial charge in [-0.1, -0.05) is 42.5 Å². The third-order valence-corrected chi connectivity index (χ3v) is 7.47. The molecule has 0 aliphatic rings. The van der Waals surface area contributed by atoms with Gasteiger partial charge in [-0.3, -0.25) is 24.5 Å². The third-order valence-electron chi connectivity index (χ3n) is 5.42. The van der Waals surface area contributed by atoms with Gasteiger partial charge in [-0.15, -0.1) is 23.1 Å². The van der Waals surface area contributed by atoms with Gasteiger partial charge in [0.15, 0.2) is 5.13 Å². The number of nitrogens with zero attached hydrogens (tertiary/aromatic N) is 2. The minimum absolute atomic E-state index is 0.0198. The second kappa shape index (κ2) is 13.5. The van der Waals surface area contributed by atoms with Crippen LogP contribution in [0.5, 0.6) is 0 Å². The number of ether oxygens (including phenoxy) is 1. The van der Waals surface area contributed by atoms with Crippen LogP contribution in [0.25, 0.3) is 0 Å². The minimum atomic E-state index is -0.652. The molecule has 0 aliphatic carbocycles. The number of nitro benzene ring substituents is 1. The van der Waals surface area contributed by atoms with E-state index in [-0.39, 0.29) is 36.2 Å². The summed E-state index contributed by atoms with van der Waals surface area (Å²) in [5.41, 5.74) is 1.72. The molecule has 4 aromatic rings. The Morgan fingerprint density at radius 2 is 1.80 bits per heavy atom. The largest absolute Gasteiger partial charge is 0.466 e. The van der Waals surface area contributed by atoms with E-state index in [9.17, 15) is 24.5 Å². The summed E-state index contributed by atoms with van der Waals surface area (Å²) in [4.78, 5) is 53.4. The fourth-order valence-corrected chi connectivity index (χ4v) is 5.42. The molecular formula is C28H24N4O6S2. The molecule has 0 saturated heterocycles. The van der Waals surface area contributed by atoms with Crippen LogP contribution in [0.1, 0.15) is 33.8 Å². The van der Waals surface area contributed by atoms with Crippen LogP contribution in [0.2, 0.25) is 0 Å². The van der Waals surface area contributed by atoms with Crippen molar-refractivity contribution >= 4 is 57.4 Å². The first-order valence-corrected chi connectivity index (χ1v) is 13.9. The van der Waals surface area contributed by atoms with Crippen molar-refractivity contribution in [1.29, 1.82) is 0 Å². The van der Waals surface area contributed by atoms with Gasteiger partial charge in [0.05, 0.1) is 23.6 Å². The van der Waals surface area contributed by atoms with Gasteiger partial charge in [-0.05, 0) is 36.8 Å². The number of nitrogens with one attached hydrogen (secondary N) is 2. The number of hydrogen-bond donors (Lipinski definition) is 2. The molecule has 1 heterocycles. The molecule has 0 spiro atoms. The maximum absolute atomic E-state index is 13.4. The average Bonchev–Trinajstić information content (AvgIpc) is 3.38. The summed E-state index contributed by atoms with van der Waals surface area (Å²) in [5, 5.41) is 18.1. The molecular weight excluding hydrogens is 552 g/mol. The highest BCUT2D eigenvalue weighted by molar-refractivity contribution is 8.00.